The fraction of sp³-hybridized carbons (Fsp3) is 0.579. The summed E-state index contributed by atoms with van der Waals surface area (Å²) >= 11 is 0. The van der Waals surface area contributed by atoms with Gasteiger partial charge in [0, 0.05) is 12.0 Å². The number of fused-ring (bicyclic) bond motifs is 3. The van der Waals surface area contributed by atoms with Crippen molar-refractivity contribution < 1.29 is 4.79 Å². The van der Waals surface area contributed by atoms with E-state index in [4.69, 9.17) is 5.73 Å². The lowest BCUT2D eigenvalue weighted by atomic mass is 9.65. The lowest BCUT2D eigenvalue weighted by Gasteiger charge is -2.43. The number of aromatic nitrogens is 2. The summed E-state index contributed by atoms with van der Waals surface area (Å²) in [6.45, 7) is 1.99. The largest absolute Gasteiger partial charge is 0.346 e. The van der Waals surface area contributed by atoms with Crippen LogP contribution in [0.2, 0.25) is 0 Å². The van der Waals surface area contributed by atoms with Gasteiger partial charge in [0.05, 0.1) is 17.1 Å². The fourth-order valence-electron chi connectivity index (χ4n) is 4.58. The molecule has 1 amide bonds. The molecule has 26 heavy (non-hydrogen) atoms. The number of para-hydroxylation sites is 2. The Kier molecular flexibility index (Phi) is 6.94. The molecule has 0 radical (unpaired) electrons. The normalized spacial score (nSPS) is 28.5. The summed E-state index contributed by atoms with van der Waals surface area (Å²) in [6, 6.07) is 8.13. The van der Waals surface area contributed by atoms with Gasteiger partial charge in [-0.15, -0.1) is 24.8 Å². The number of carbonyl (C=O) groups is 1. The van der Waals surface area contributed by atoms with Crippen LogP contribution in [0.25, 0.3) is 11.0 Å². The minimum absolute atomic E-state index is 0. The van der Waals surface area contributed by atoms with Gasteiger partial charge in [0.1, 0.15) is 5.82 Å². The fourth-order valence-corrected chi connectivity index (χ4v) is 4.58. The van der Waals surface area contributed by atoms with E-state index in [0.717, 1.165) is 29.7 Å². The van der Waals surface area contributed by atoms with Crippen molar-refractivity contribution in [2.75, 3.05) is 0 Å². The second-order valence-electron chi connectivity index (χ2n) is 7.57. The number of nitrogens with one attached hydrogen (secondary N) is 2. The molecule has 1 aromatic carbocycles. The highest BCUT2D eigenvalue weighted by Gasteiger charge is 2.40. The average molecular weight is 399 g/mol. The van der Waals surface area contributed by atoms with Gasteiger partial charge in [-0.2, -0.15) is 0 Å². The Labute approximate surface area is 166 Å². The van der Waals surface area contributed by atoms with Crippen molar-refractivity contribution in [3.05, 3.63) is 30.1 Å². The first-order valence-corrected chi connectivity index (χ1v) is 9.12. The van der Waals surface area contributed by atoms with Gasteiger partial charge in [0.15, 0.2) is 0 Å². The lowest BCUT2D eigenvalue weighted by Crippen LogP contribution is -2.49. The zero-order chi connectivity index (χ0) is 16.7. The SMILES string of the molecule is CC(NC(=O)C1CC2CCCC(C1)C2N)c1nc2ccccc2[nH]1.Cl.Cl. The van der Waals surface area contributed by atoms with E-state index < -0.39 is 0 Å². The third-order valence-electron chi connectivity index (χ3n) is 5.96. The molecule has 0 saturated heterocycles. The molecule has 144 valence electrons. The van der Waals surface area contributed by atoms with Crippen LogP contribution in [0.3, 0.4) is 0 Å². The summed E-state index contributed by atoms with van der Waals surface area (Å²) in [5.74, 6) is 2.13. The Balaban J connectivity index is 0.00000121. The molecular formula is C19H28Cl2N4O. The van der Waals surface area contributed by atoms with Crippen LogP contribution in [0, 0.1) is 17.8 Å². The van der Waals surface area contributed by atoms with Crippen molar-refractivity contribution in [1.82, 2.24) is 15.3 Å². The average Bonchev–Trinajstić information content (AvgIpc) is 2.98. The first kappa shape index (κ1) is 21.0. The molecule has 3 unspecified atom stereocenters. The molecular weight excluding hydrogens is 371 g/mol. The standard InChI is InChI=1S/C19H26N4O.2ClH/c1-11(18-22-15-7-2-3-8-16(15)23-18)21-19(24)14-9-12-5-4-6-13(10-14)17(12)20;;/h2-3,7-8,11-14,17H,4-6,9-10,20H2,1H3,(H,21,24)(H,22,23);2*1H. The Morgan fingerprint density at radius 2 is 1.88 bits per heavy atom. The van der Waals surface area contributed by atoms with Gasteiger partial charge in [-0.05, 0) is 56.6 Å². The predicted octanol–water partition coefficient (Wildman–Crippen LogP) is 3.74. The minimum atomic E-state index is -0.111. The number of H-pyrrole nitrogens is 1. The topological polar surface area (TPSA) is 83.8 Å². The van der Waals surface area contributed by atoms with Crippen LogP contribution in [0.4, 0.5) is 0 Å². The number of imidazole rings is 1. The minimum Gasteiger partial charge on any atom is -0.346 e. The summed E-state index contributed by atoms with van der Waals surface area (Å²) < 4.78 is 0. The molecule has 2 saturated carbocycles. The Hall–Kier alpha value is -1.30. The zero-order valence-electron chi connectivity index (χ0n) is 15.0. The highest BCUT2D eigenvalue weighted by atomic mass is 35.5. The van der Waals surface area contributed by atoms with Crippen LogP contribution >= 0.6 is 24.8 Å². The molecule has 1 aromatic heterocycles. The lowest BCUT2D eigenvalue weighted by molar-refractivity contribution is -0.128. The van der Waals surface area contributed by atoms with Crippen LogP contribution in [-0.4, -0.2) is 21.9 Å². The number of hydrogen-bond acceptors (Lipinski definition) is 3. The predicted molar refractivity (Wildman–Crippen MR) is 109 cm³/mol. The maximum absolute atomic E-state index is 12.7. The van der Waals surface area contributed by atoms with Crippen molar-refractivity contribution in [2.24, 2.45) is 23.5 Å². The van der Waals surface area contributed by atoms with Crippen molar-refractivity contribution in [3.63, 3.8) is 0 Å². The summed E-state index contributed by atoms with van der Waals surface area (Å²) in [4.78, 5) is 20.6. The number of aromatic amines is 1. The van der Waals surface area contributed by atoms with Crippen LogP contribution in [0.1, 0.15) is 50.9 Å². The van der Waals surface area contributed by atoms with E-state index in [1.165, 1.54) is 19.3 Å². The molecule has 5 nitrogen and oxygen atoms in total. The Morgan fingerprint density at radius 3 is 2.54 bits per heavy atom. The summed E-state index contributed by atoms with van der Waals surface area (Å²) in [6.07, 6.45) is 5.51. The van der Waals surface area contributed by atoms with Crippen LogP contribution in [0.15, 0.2) is 24.3 Å². The zero-order valence-corrected chi connectivity index (χ0v) is 16.6. The summed E-state index contributed by atoms with van der Waals surface area (Å²) in [5.41, 5.74) is 8.28. The maximum atomic E-state index is 12.7. The van der Waals surface area contributed by atoms with Gasteiger partial charge >= 0.3 is 0 Å². The van der Waals surface area contributed by atoms with Gasteiger partial charge in [-0.25, -0.2) is 4.98 Å². The number of nitrogens with zero attached hydrogens (tertiary/aromatic N) is 1. The third kappa shape index (κ3) is 4.00. The first-order chi connectivity index (χ1) is 11.6. The molecule has 2 aliphatic rings. The monoisotopic (exact) mass is 398 g/mol. The molecule has 0 aliphatic heterocycles. The summed E-state index contributed by atoms with van der Waals surface area (Å²) in [5, 5.41) is 3.16. The van der Waals surface area contributed by atoms with E-state index in [0.29, 0.717) is 17.9 Å². The van der Waals surface area contributed by atoms with Gasteiger partial charge in [0.2, 0.25) is 5.91 Å². The number of amides is 1. The third-order valence-corrected chi connectivity index (χ3v) is 5.96. The number of nitrogens with two attached hydrogens (primary N) is 1. The molecule has 2 aliphatic carbocycles. The van der Waals surface area contributed by atoms with Gasteiger partial charge in [-0.3, -0.25) is 4.79 Å². The van der Waals surface area contributed by atoms with E-state index in [1.807, 2.05) is 31.2 Å². The van der Waals surface area contributed by atoms with E-state index in [9.17, 15) is 4.79 Å². The van der Waals surface area contributed by atoms with Crippen molar-refractivity contribution in [1.29, 1.82) is 0 Å². The van der Waals surface area contributed by atoms with Crippen molar-refractivity contribution in [2.45, 2.75) is 51.1 Å². The molecule has 2 aromatic rings. The van der Waals surface area contributed by atoms with Gasteiger partial charge in [0.25, 0.3) is 0 Å². The maximum Gasteiger partial charge on any atom is 0.223 e. The second-order valence-corrected chi connectivity index (χ2v) is 7.57. The van der Waals surface area contributed by atoms with E-state index in [1.54, 1.807) is 0 Å². The molecule has 4 N–H and O–H groups in total. The highest BCUT2D eigenvalue weighted by Crippen LogP contribution is 2.42. The number of benzene rings is 1. The molecule has 1 heterocycles. The van der Waals surface area contributed by atoms with E-state index in [2.05, 4.69) is 15.3 Å². The first-order valence-electron chi connectivity index (χ1n) is 9.12. The quantitative estimate of drug-likeness (QED) is 0.735. The Bertz CT molecular complexity index is 703. The van der Waals surface area contributed by atoms with Crippen LogP contribution < -0.4 is 11.1 Å². The molecule has 2 bridgehead atoms. The molecule has 7 heteroatoms. The number of hydrogen-bond donors (Lipinski definition) is 3. The van der Waals surface area contributed by atoms with Gasteiger partial charge < -0.3 is 16.0 Å². The van der Waals surface area contributed by atoms with E-state index >= 15 is 0 Å². The second kappa shape index (κ2) is 8.59. The van der Waals surface area contributed by atoms with Crippen LogP contribution in [0.5, 0.6) is 0 Å². The van der Waals surface area contributed by atoms with Crippen molar-refractivity contribution in [3.8, 4) is 0 Å². The Morgan fingerprint density at radius 1 is 1.23 bits per heavy atom. The summed E-state index contributed by atoms with van der Waals surface area (Å²) in [7, 11) is 0. The number of carbonyl (C=O) groups excluding carboxylic acids is 1. The van der Waals surface area contributed by atoms with Crippen LogP contribution in [-0.2, 0) is 4.79 Å². The van der Waals surface area contributed by atoms with E-state index in [-0.39, 0.29) is 42.7 Å². The number of rotatable bonds is 3. The molecule has 0 spiro atoms. The molecule has 2 fully saturated rings. The number of halogens is 2. The molecule has 4 rings (SSSR count). The smallest absolute Gasteiger partial charge is 0.223 e. The highest BCUT2D eigenvalue weighted by molar-refractivity contribution is 5.85. The van der Waals surface area contributed by atoms with Crippen molar-refractivity contribution >= 4 is 41.8 Å². The molecule has 3 atom stereocenters. The van der Waals surface area contributed by atoms with Gasteiger partial charge in [-0.1, -0.05) is 18.6 Å².